The molecule has 3 heteroatoms. The van der Waals surface area contributed by atoms with Crippen molar-refractivity contribution in [2.75, 3.05) is 5.32 Å². The van der Waals surface area contributed by atoms with Gasteiger partial charge in [-0.15, -0.1) is 0 Å². The van der Waals surface area contributed by atoms with Crippen LogP contribution in [0.15, 0.2) is 24.3 Å². The average molecular weight is 246 g/mol. The summed E-state index contributed by atoms with van der Waals surface area (Å²) in [6, 6.07) is 8.08. The Hall–Kier alpha value is -1.51. The van der Waals surface area contributed by atoms with Crippen LogP contribution in [0.4, 0.5) is 5.69 Å². The van der Waals surface area contributed by atoms with E-state index in [1.807, 2.05) is 32.0 Å². The molecule has 0 aromatic heterocycles. The van der Waals surface area contributed by atoms with Crippen LogP contribution in [0.5, 0.6) is 0 Å². The predicted molar refractivity (Wildman–Crippen MR) is 74.4 cm³/mol. The van der Waals surface area contributed by atoms with Gasteiger partial charge in [0.25, 0.3) is 0 Å². The van der Waals surface area contributed by atoms with Crippen LogP contribution in [0.3, 0.4) is 0 Å². The molecular formula is C15H22N2O. The number of carbonyl (C=O) groups excluding carboxylic acids is 1. The van der Waals surface area contributed by atoms with Gasteiger partial charge < -0.3 is 11.1 Å². The van der Waals surface area contributed by atoms with Crippen LogP contribution in [0, 0.1) is 12.8 Å². The molecule has 2 rings (SSSR count). The van der Waals surface area contributed by atoms with Crippen molar-refractivity contribution in [2.24, 2.45) is 11.7 Å². The van der Waals surface area contributed by atoms with E-state index >= 15 is 0 Å². The molecule has 0 saturated heterocycles. The minimum absolute atomic E-state index is 0.254. The van der Waals surface area contributed by atoms with E-state index in [-0.39, 0.29) is 5.91 Å². The Morgan fingerprint density at radius 2 is 2.06 bits per heavy atom. The van der Waals surface area contributed by atoms with Crippen molar-refractivity contribution in [1.29, 1.82) is 0 Å². The Morgan fingerprint density at radius 3 is 2.61 bits per heavy atom. The quantitative estimate of drug-likeness (QED) is 0.858. The van der Waals surface area contributed by atoms with E-state index in [2.05, 4.69) is 11.4 Å². The molecule has 98 valence electrons. The second kappa shape index (κ2) is 5.01. The fourth-order valence-electron chi connectivity index (χ4n) is 2.89. The van der Waals surface area contributed by atoms with Crippen molar-refractivity contribution in [3.8, 4) is 0 Å². The van der Waals surface area contributed by atoms with Gasteiger partial charge in [-0.25, -0.2) is 0 Å². The lowest BCUT2D eigenvalue weighted by molar-refractivity contribution is -0.123. The van der Waals surface area contributed by atoms with Gasteiger partial charge in [-0.05, 0) is 50.3 Å². The summed E-state index contributed by atoms with van der Waals surface area (Å²) in [5.41, 5.74) is 7.15. The fraction of sp³-hybridized carbons (Fsp3) is 0.533. The first-order valence-electron chi connectivity index (χ1n) is 6.67. The molecule has 1 fully saturated rings. The van der Waals surface area contributed by atoms with Gasteiger partial charge in [-0.1, -0.05) is 25.0 Å². The Bertz CT molecular complexity index is 438. The van der Waals surface area contributed by atoms with Crippen LogP contribution >= 0.6 is 0 Å². The molecule has 3 N–H and O–H groups in total. The van der Waals surface area contributed by atoms with E-state index in [9.17, 15) is 4.79 Å². The summed E-state index contributed by atoms with van der Waals surface area (Å²) in [5.74, 6) is 0.0893. The smallest absolute Gasteiger partial charge is 0.243 e. The third-order valence-corrected chi connectivity index (χ3v) is 4.11. The molecule has 1 unspecified atom stereocenters. The first-order valence-corrected chi connectivity index (χ1v) is 6.67. The summed E-state index contributed by atoms with van der Waals surface area (Å²) < 4.78 is 0. The molecule has 1 aromatic carbocycles. The van der Waals surface area contributed by atoms with Gasteiger partial charge in [-0.2, -0.15) is 0 Å². The number of anilines is 1. The van der Waals surface area contributed by atoms with Crippen LogP contribution in [-0.4, -0.2) is 11.4 Å². The maximum atomic E-state index is 11.9. The van der Waals surface area contributed by atoms with Gasteiger partial charge in [0.1, 0.15) is 5.54 Å². The summed E-state index contributed by atoms with van der Waals surface area (Å²) in [4.78, 5) is 11.9. The number of hydrogen-bond donors (Lipinski definition) is 2. The van der Waals surface area contributed by atoms with Crippen molar-refractivity contribution >= 4 is 11.6 Å². The monoisotopic (exact) mass is 246 g/mol. The Labute approximate surface area is 109 Å². The number of nitrogens with two attached hydrogens (primary N) is 1. The Morgan fingerprint density at radius 1 is 1.39 bits per heavy atom. The van der Waals surface area contributed by atoms with Gasteiger partial charge in [0.05, 0.1) is 0 Å². The Balaban J connectivity index is 2.22. The highest BCUT2D eigenvalue weighted by Crippen LogP contribution is 2.36. The van der Waals surface area contributed by atoms with Gasteiger partial charge in [-0.3, -0.25) is 4.79 Å². The molecule has 1 amide bonds. The highest BCUT2D eigenvalue weighted by atomic mass is 16.1. The van der Waals surface area contributed by atoms with E-state index in [0.29, 0.717) is 5.92 Å². The predicted octanol–water partition coefficient (Wildman–Crippen LogP) is 2.84. The van der Waals surface area contributed by atoms with Crippen LogP contribution in [0.1, 0.15) is 38.2 Å². The molecule has 1 aromatic rings. The first-order chi connectivity index (χ1) is 8.52. The van der Waals surface area contributed by atoms with Crippen LogP contribution in [0.2, 0.25) is 0 Å². The zero-order valence-electron chi connectivity index (χ0n) is 11.2. The SMILES string of the molecule is Cc1cccc(NC(C)(C(N)=O)C2CCCC2)c1. The van der Waals surface area contributed by atoms with E-state index in [1.165, 1.54) is 18.4 Å². The number of nitrogens with one attached hydrogen (secondary N) is 1. The lowest BCUT2D eigenvalue weighted by Gasteiger charge is -2.34. The maximum Gasteiger partial charge on any atom is 0.243 e. The summed E-state index contributed by atoms with van der Waals surface area (Å²) in [6.07, 6.45) is 4.56. The molecule has 0 spiro atoms. The first kappa shape index (κ1) is 12.9. The van der Waals surface area contributed by atoms with Crippen LogP contribution < -0.4 is 11.1 Å². The average Bonchev–Trinajstić information content (AvgIpc) is 2.82. The second-order valence-electron chi connectivity index (χ2n) is 5.54. The highest BCUT2D eigenvalue weighted by molar-refractivity contribution is 5.88. The Kier molecular flexibility index (Phi) is 3.60. The number of primary amides is 1. The summed E-state index contributed by atoms with van der Waals surface area (Å²) in [6.45, 7) is 3.98. The third kappa shape index (κ3) is 2.50. The normalized spacial score (nSPS) is 19.4. The molecule has 18 heavy (non-hydrogen) atoms. The zero-order valence-corrected chi connectivity index (χ0v) is 11.2. The van der Waals surface area contributed by atoms with E-state index in [4.69, 9.17) is 5.73 Å². The van der Waals surface area contributed by atoms with Gasteiger partial charge in [0, 0.05) is 5.69 Å². The summed E-state index contributed by atoms with van der Waals surface area (Å²) in [7, 11) is 0. The minimum Gasteiger partial charge on any atom is -0.371 e. The van der Waals surface area contributed by atoms with Crippen LogP contribution in [0.25, 0.3) is 0 Å². The second-order valence-corrected chi connectivity index (χ2v) is 5.54. The summed E-state index contributed by atoms with van der Waals surface area (Å²) >= 11 is 0. The highest BCUT2D eigenvalue weighted by Gasteiger charge is 2.40. The van der Waals surface area contributed by atoms with Gasteiger partial charge in [0.2, 0.25) is 5.91 Å². The maximum absolute atomic E-state index is 11.9. The molecule has 1 saturated carbocycles. The molecule has 1 aliphatic rings. The van der Waals surface area contributed by atoms with Gasteiger partial charge in [0.15, 0.2) is 0 Å². The van der Waals surface area contributed by atoms with E-state index in [1.54, 1.807) is 0 Å². The van der Waals surface area contributed by atoms with E-state index < -0.39 is 5.54 Å². The van der Waals surface area contributed by atoms with Crippen molar-refractivity contribution in [3.05, 3.63) is 29.8 Å². The largest absolute Gasteiger partial charge is 0.371 e. The lowest BCUT2D eigenvalue weighted by Crippen LogP contribution is -2.52. The number of benzene rings is 1. The standard InChI is InChI=1S/C15H22N2O/c1-11-6-5-9-13(10-11)17-15(2,14(16)18)12-7-3-4-8-12/h5-6,9-10,12,17H,3-4,7-8H2,1-2H3,(H2,16,18). The van der Waals surface area contributed by atoms with Crippen molar-refractivity contribution < 1.29 is 4.79 Å². The van der Waals surface area contributed by atoms with Crippen molar-refractivity contribution in [2.45, 2.75) is 45.1 Å². The van der Waals surface area contributed by atoms with Crippen LogP contribution in [-0.2, 0) is 4.79 Å². The fourth-order valence-corrected chi connectivity index (χ4v) is 2.89. The molecule has 3 nitrogen and oxygen atoms in total. The molecule has 0 aliphatic heterocycles. The molecular weight excluding hydrogens is 224 g/mol. The third-order valence-electron chi connectivity index (χ3n) is 4.11. The molecule has 1 aliphatic carbocycles. The number of aryl methyl sites for hydroxylation is 1. The number of amides is 1. The van der Waals surface area contributed by atoms with Crippen molar-refractivity contribution in [1.82, 2.24) is 0 Å². The molecule has 0 heterocycles. The topological polar surface area (TPSA) is 55.1 Å². The molecule has 1 atom stereocenters. The molecule has 0 bridgehead atoms. The minimum atomic E-state index is -0.635. The molecule has 0 radical (unpaired) electrons. The van der Waals surface area contributed by atoms with E-state index in [0.717, 1.165) is 18.5 Å². The zero-order chi connectivity index (χ0) is 13.2. The number of hydrogen-bond acceptors (Lipinski definition) is 2. The number of carbonyl (C=O) groups is 1. The summed E-state index contributed by atoms with van der Waals surface area (Å²) in [5, 5.41) is 3.36. The number of rotatable bonds is 4. The van der Waals surface area contributed by atoms with Crippen molar-refractivity contribution in [3.63, 3.8) is 0 Å². The lowest BCUT2D eigenvalue weighted by atomic mass is 9.83. The van der Waals surface area contributed by atoms with Gasteiger partial charge >= 0.3 is 0 Å².